The number of H-pyrrole nitrogens is 1. The van der Waals surface area contributed by atoms with E-state index in [1.165, 1.54) is 12.7 Å². The van der Waals surface area contributed by atoms with E-state index in [2.05, 4.69) is 20.6 Å². The molecule has 1 amide bonds. The number of hydrogen-bond donors (Lipinski definition) is 1. The second kappa shape index (κ2) is 6.90. The summed E-state index contributed by atoms with van der Waals surface area (Å²) in [6, 6.07) is 8.01. The van der Waals surface area contributed by atoms with Crippen molar-refractivity contribution in [1.82, 2.24) is 19.4 Å². The minimum absolute atomic E-state index is 0.0192. The molecule has 0 atom stereocenters. The Morgan fingerprint density at radius 1 is 1.26 bits per heavy atom. The summed E-state index contributed by atoms with van der Waals surface area (Å²) in [5, 5.41) is 1.04. The average molecular weight is 366 g/mol. The zero-order chi connectivity index (χ0) is 19.0. The number of aromatic nitrogens is 3. The van der Waals surface area contributed by atoms with Gasteiger partial charge in [0.1, 0.15) is 11.5 Å². The minimum Gasteiger partial charge on any atom is -0.469 e. The van der Waals surface area contributed by atoms with Crippen molar-refractivity contribution in [3.8, 4) is 0 Å². The number of amides is 1. The molecule has 1 N–H and O–H groups in total. The molecule has 1 aromatic carbocycles. The Kier molecular flexibility index (Phi) is 4.43. The van der Waals surface area contributed by atoms with Gasteiger partial charge >= 0.3 is 5.97 Å². The molecule has 1 aliphatic heterocycles. The molecule has 4 rings (SSSR count). The first-order chi connectivity index (χ1) is 13.0. The Labute approximate surface area is 156 Å². The Morgan fingerprint density at radius 2 is 2.11 bits per heavy atom. The molecule has 0 unspecified atom stereocenters. The highest BCUT2D eigenvalue weighted by atomic mass is 16.5. The van der Waals surface area contributed by atoms with Crippen LogP contribution < -0.4 is 0 Å². The number of aryl methyl sites for hydroxylation is 2. The highest BCUT2D eigenvalue weighted by Crippen LogP contribution is 2.21. The van der Waals surface area contributed by atoms with Crippen molar-refractivity contribution in [2.24, 2.45) is 0 Å². The summed E-state index contributed by atoms with van der Waals surface area (Å²) in [4.78, 5) is 33.8. The summed E-state index contributed by atoms with van der Waals surface area (Å²) in [6.45, 7) is 3.79. The molecule has 27 heavy (non-hydrogen) atoms. The van der Waals surface area contributed by atoms with E-state index in [0.29, 0.717) is 38.2 Å². The van der Waals surface area contributed by atoms with Gasteiger partial charge in [-0.3, -0.25) is 9.59 Å². The molecule has 140 valence electrons. The lowest BCUT2D eigenvalue weighted by atomic mass is 10.2. The second-order valence-electron chi connectivity index (χ2n) is 6.89. The van der Waals surface area contributed by atoms with Gasteiger partial charge in [0.2, 0.25) is 0 Å². The van der Waals surface area contributed by atoms with Crippen LogP contribution in [0.25, 0.3) is 10.9 Å². The van der Waals surface area contributed by atoms with Gasteiger partial charge in [0.15, 0.2) is 0 Å². The van der Waals surface area contributed by atoms with Gasteiger partial charge < -0.3 is 19.2 Å². The van der Waals surface area contributed by atoms with Crippen LogP contribution in [0.3, 0.4) is 0 Å². The van der Waals surface area contributed by atoms with Gasteiger partial charge in [-0.25, -0.2) is 4.98 Å². The van der Waals surface area contributed by atoms with Crippen molar-refractivity contribution in [1.29, 1.82) is 0 Å². The lowest BCUT2D eigenvalue weighted by Crippen LogP contribution is -2.39. The number of aromatic amines is 1. The summed E-state index contributed by atoms with van der Waals surface area (Å²) in [6.07, 6.45) is 2.71. The molecule has 3 heterocycles. The van der Waals surface area contributed by atoms with Crippen LogP contribution in [-0.4, -0.2) is 45.0 Å². The molecule has 0 radical (unpaired) electrons. The number of methoxy groups -OCH3 is 1. The number of ether oxygens (including phenoxy) is 1. The Hall–Kier alpha value is -3.09. The summed E-state index contributed by atoms with van der Waals surface area (Å²) >= 11 is 0. The normalized spacial score (nSPS) is 13.6. The third-order valence-electron chi connectivity index (χ3n) is 5.05. The van der Waals surface area contributed by atoms with Crippen LogP contribution in [0.1, 0.15) is 34.0 Å². The van der Waals surface area contributed by atoms with E-state index in [1.54, 1.807) is 6.20 Å². The van der Waals surface area contributed by atoms with Crippen LogP contribution in [0.4, 0.5) is 0 Å². The smallest absolute Gasteiger partial charge is 0.305 e. The zero-order valence-electron chi connectivity index (χ0n) is 15.5. The van der Waals surface area contributed by atoms with E-state index in [1.807, 2.05) is 30.0 Å². The number of imidazole rings is 1. The quantitative estimate of drug-likeness (QED) is 0.719. The molecule has 1 aliphatic rings. The molecule has 0 saturated carbocycles. The number of carbonyl (C=O) groups excluding carboxylic acids is 2. The van der Waals surface area contributed by atoms with Crippen molar-refractivity contribution in [2.75, 3.05) is 13.7 Å². The molecule has 0 spiro atoms. The summed E-state index contributed by atoms with van der Waals surface area (Å²) in [5.74, 6) is 0.600. The molecule has 7 heteroatoms. The highest BCUT2D eigenvalue weighted by molar-refractivity contribution is 5.98. The van der Waals surface area contributed by atoms with E-state index in [4.69, 9.17) is 4.74 Å². The van der Waals surface area contributed by atoms with Gasteiger partial charge in [-0.1, -0.05) is 11.6 Å². The number of benzene rings is 1. The zero-order valence-corrected chi connectivity index (χ0v) is 15.5. The first-order valence-corrected chi connectivity index (χ1v) is 9.04. The van der Waals surface area contributed by atoms with E-state index in [0.717, 1.165) is 22.4 Å². The van der Waals surface area contributed by atoms with E-state index >= 15 is 0 Å². The van der Waals surface area contributed by atoms with Crippen molar-refractivity contribution in [2.45, 2.75) is 32.9 Å². The number of nitrogens with one attached hydrogen (secondary N) is 1. The fraction of sp³-hybridized carbons (Fsp3) is 0.350. The van der Waals surface area contributed by atoms with Crippen molar-refractivity contribution < 1.29 is 14.3 Å². The summed E-state index contributed by atoms with van der Waals surface area (Å²) in [7, 11) is 1.39. The SMILES string of the molecule is COC(=O)CCc1cnc2n1CCN(C(=O)c1cc3cc(C)ccc3[nH]1)C2. The van der Waals surface area contributed by atoms with Crippen LogP contribution in [0.2, 0.25) is 0 Å². The Morgan fingerprint density at radius 3 is 2.93 bits per heavy atom. The minimum atomic E-state index is -0.229. The molecule has 0 fully saturated rings. The maximum Gasteiger partial charge on any atom is 0.305 e. The number of rotatable bonds is 4. The first kappa shape index (κ1) is 17.3. The fourth-order valence-corrected chi connectivity index (χ4v) is 3.57. The van der Waals surface area contributed by atoms with E-state index in [-0.39, 0.29) is 11.9 Å². The third kappa shape index (κ3) is 3.32. The monoisotopic (exact) mass is 366 g/mol. The molecule has 2 aromatic heterocycles. The van der Waals surface area contributed by atoms with Crippen LogP contribution in [-0.2, 0) is 29.0 Å². The summed E-state index contributed by atoms with van der Waals surface area (Å²) < 4.78 is 6.80. The number of carbonyl (C=O) groups is 2. The average Bonchev–Trinajstić information content (AvgIpc) is 3.28. The van der Waals surface area contributed by atoms with Crippen molar-refractivity contribution >= 4 is 22.8 Å². The molecule has 3 aromatic rings. The van der Waals surface area contributed by atoms with Gasteiger partial charge in [0.25, 0.3) is 5.91 Å². The maximum atomic E-state index is 12.9. The van der Waals surface area contributed by atoms with E-state index < -0.39 is 0 Å². The van der Waals surface area contributed by atoms with Crippen LogP contribution >= 0.6 is 0 Å². The maximum absolute atomic E-state index is 12.9. The van der Waals surface area contributed by atoms with Crippen LogP contribution in [0.15, 0.2) is 30.5 Å². The lowest BCUT2D eigenvalue weighted by molar-refractivity contribution is -0.140. The molecular weight excluding hydrogens is 344 g/mol. The van der Waals surface area contributed by atoms with Crippen LogP contribution in [0, 0.1) is 6.92 Å². The van der Waals surface area contributed by atoms with Crippen LogP contribution in [0.5, 0.6) is 0 Å². The summed E-state index contributed by atoms with van der Waals surface area (Å²) in [5.41, 5.74) is 3.73. The van der Waals surface area contributed by atoms with Gasteiger partial charge in [0, 0.05) is 35.9 Å². The third-order valence-corrected chi connectivity index (χ3v) is 5.05. The molecule has 0 saturated heterocycles. The Bertz CT molecular complexity index is 1020. The standard InChI is InChI=1S/C20H22N4O3/c1-13-3-5-16-14(9-13)10-17(22-16)20(26)23-7-8-24-15(4-6-19(25)27-2)11-21-18(24)12-23/h3,5,9-11,22H,4,6-8,12H2,1-2H3. The molecule has 7 nitrogen and oxygen atoms in total. The largest absolute Gasteiger partial charge is 0.469 e. The number of hydrogen-bond acceptors (Lipinski definition) is 4. The second-order valence-corrected chi connectivity index (χ2v) is 6.89. The fourth-order valence-electron chi connectivity index (χ4n) is 3.57. The van der Waals surface area contributed by atoms with Gasteiger partial charge in [0.05, 0.1) is 20.1 Å². The van der Waals surface area contributed by atoms with Crippen molar-refractivity contribution in [3.05, 3.63) is 53.2 Å². The predicted octanol–water partition coefficient (Wildman–Crippen LogP) is 2.43. The topological polar surface area (TPSA) is 80.2 Å². The van der Waals surface area contributed by atoms with Crippen molar-refractivity contribution in [3.63, 3.8) is 0 Å². The molecular formula is C20H22N4O3. The van der Waals surface area contributed by atoms with Gasteiger partial charge in [-0.05, 0) is 31.5 Å². The number of nitrogens with zero attached hydrogens (tertiary/aromatic N) is 3. The highest BCUT2D eigenvalue weighted by Gasteiger charge is 2.25. The Balaban J connectivity index is 1.49. The molecule has 0 bridgehead atoms. The molecule has 0 aliphatic carbocycles. The van der Waals surface area contributed by atoms with Gasteiger partial charge in [-0.15, -0.1) is 0 Å². The lowest BCUT2D eigenvalue weighted by Gasteiger charge is -2.28. The van der Waals surface area contributed by atoms with E-state index in [9.17, 15) is 9.59 Å². The van der Waals surface area contributed by atoms with Gasteiger partial charge in [-0.2, -0.15) is 0 Å². The number of esters is 1. The number of fused-ring (bicyclic) bond motifs is 2. The predicted molar refractivity (Wildman–Crippen MR) is 100 cm³/mol. The first-order valence-electron chi connectivity index (χ1n) is 9.04.